The number of guanidine groups is 1. The molecule has 0 atom stereocenters. The second-order valence-electron chi connectivity index (χ2n) is 6.23. The smallest absolute Gasteiger partial charge is 0.188 e. The molecule has 3 nitrogen and oxygen atoms in total. The van der Waals surface area contributed by atoms with Gasteiger partial charge in [-0.15, -0.1) is 24.0 Å². The summed E-state index contributed by atoms with van der Waals surface area (Å²) in [5, 5.41) is 3.15. The molecule has 0 radical (unpaired) electrons. The van der Waals surface area contributed by atoms with E-state index in [1.807, 2.05) is 0 Å². The zero-order valence-electron chi connectivity index (χ0n) is 13.2. The lowest BCUT2D eigenvalue weighted by Crippen LogP contribution is -2.35. The summed E-state index contributed by atoms with van der Waals surface area (Å²) >= 11 is 0. The summed E-state index contributed by atoms with van der Waals surface area (Å²) in [6.45, 7) is 12.4. The Kier molecular flexibility index (Phi) is 8.16. The van der Waals surface area contributed by atoms with Gasteiger partial charge in [-0.3, -0.25) is 4.99 Å². The molecule has 0 saturated heterocycles. The van der Waals surface area contributed by atoms with Gasteiger partial charge in [0, 0.05) is 12.0 Å². The fourth-order valence-electron chi connectivity index (χ4n) is 1.80. The molecule has 0 saturated carbocycles. The van der Waals surface area contributed by atoms with Crippen molar-refractivity contribution in [2.45, 2.75) is 40.0 Å². The molecule has 1 aromatic carbocycles. The first-order valence-corrected chi connectivity index (χ1v) is 6.92. The van der Waals surface area contributed by atoms with Crippen molar-refractivity contribution in [3.8, 4) is 0 Å². The van der Waals surface area contributed by atoms with Crippen LogP contribution in [0.5, 0.6) is 0 Å². The van der Waals surface area contributed by atoms with Gasteiger partial charge in [0.25, 0.3) is 0 Å². The fraction of sp³-hybridized carbons (Fsp3) is 0.562. The quantitative estimate of drug-likeness (QED) is 0.461. The van der Waals surface area contributed by atoms with Crippen LogP contribution in [0, 0.1) is 12.8 Å². The molecule has 0 fully saturated rings. The van der Waals surface area contributed by atoms with E-state index in [-0.39, 0.29) is 29.4 Å². The van der Waals surface area contributed by atoms with Gasteiger partial charge in [0.15, 0.2) is 5.96 Å². The molecular weight excluding hydrogens is 361 g/mol. The van der Waals surface area contributed by atoms with Gasteiger partial charge in [-0.2, -0.15) is 0 Å². The van der Waals surface area contributed by atoms with Gasteiger partial charge >= 0.3 is 0 Å². The lowest BCUT2D eigenvalue weighted by atomic mass is 9.84. The van der Waals surface area contributed by atoms with Crippen molar-refractivity contribution in [2.75, 3.05) is 13.1 Å². The molecule has 0 aliphatic heterocycles. The minimum atomic E-state index is -0.00382. The highest BCUT2D eigenvalue weighted by Crippen LogP contribution is 2.24. The van der Waals surface area contributed by atoms with Crippen LogP contribution >= 0.6 is 24.0 Å². The van der Waals surface area contributed by atoms with Crippen LogP contribution in [0.3, 0.4) is 0 Å². The Labute approximate surface area is 140 Å². The van der Waals surface area contributed by atoms with Crippen molar-refractivity contribution in [1.82, 2.24) is 5.32 Å². The molecular formula is C16H28IN3. The number of hydrogen-bond donors (Lipinski definition) is 2. The number of rotatable bonds is 5. The number of aryl methyl sites for hydroxylation is 1. The third kappa shape index (κ3) is 6.59. The minimum Gasteiger partial charge on any atom is -0.370 e. The number of nitrogens with zero attached hydrogens (tertiary/aromatic N) is 1. The average molecular weight is 389 g/mol. The number of hydrogen-bond acceptors (Lipinski definition) is 1. The van der Waals surface area contributed by atoms with Crippen molar-refractivity contribution < 1.29 is 0 Å². The number of benzene rings is 1. The highest BCUT2D eigenvalue weighted by atomic mass is 127. The van der Waals surface area contributed by atoms with E-state index < -0.39 is 0 Å². The molecule has 0 aliphatic rings. The van der Waals surface area contributed by atoms with Crippen LogP contribution in [0.25, 0.3) is 0 Å². The van der Waals surface area contributed by atoms with Gasteiger partial charge in [0.2, 0.25) is 0 Å². The normalized spacial score (nSPS) is 12.2. The van der Waals surface area contributed by atoms with Gasteiger partial charge in [-0.1, -0.05) is 57.5 Å². The maximum absolute atomic E-state index is 5.88. The Bertz CT molecular complexity index is 439. The second kappa shape index (κ2) is 8.49. The summed E-state index contributed by atoms with van der Waals surface area (Å²) in [6.07, 6.45) is 0. The molecule has 0 bridgehead atoms. The number of aliphatic imine (C=N–C) groups is 1. The van der Waals surface area contributed by atoms with Crippen molar-refractivity contribution in [3.63, 3.8) is 0 Å². The number of nitrogens with one attached hydrogen (secondary N) is 1. The average Bonchev–Trinajstić information content (AvgIpc) is 2.34. The van der Waals surface area contributed by atoms with Gasteiger partial charge < -0.3 is 11.1 Å². The summed E-state index contributed by atoms with van der Waals surface area (Å²) < 4.78 is 0. The summed E-state index contributed by atoms with van der Waals surface area (Å²) in [7, 11) is 0. The second-order valence-corrected chi connectivity index (χ2v) is 6.23. The van der Waals surface area contributed by atoms with Gasteiger partial charge in [0.1, 0.15) is 0 Å². The Morgan fingerprint density at radius 2 is 2.00 bits per heavy atom. The maximum atomic E-state index is 5.88. The van der Waals surface area contributed by atoms with Crippen molar-refractivity contribution in [3.05, 3.63) is 35.4 Å². The van der Waals surface area contributed by atoms with Gasteiger partial charge in [-0.25, -0.2) is 0 Å². The molecule has 114 valence electrons. The first-order valence-electron chi connectivity index (χ1n) is 6.92. The van der Waals surface area contributed by atoms with E-state index >= 15 is 0 Å². The van der Waals surface area contributed by atoms with Gasteiger partial charge in [-0.05, 0) is 18.4 Å². The van der Waals surface area contributed by atoms with Crippen molar-refractivity contribution in [2.24, 2.45) is 16.6 Å². The number of halogens is 1. The third-order valence-corrected chi connectivity index (χ3v) is 3.14. The summed E-state index contributed by atoms with van der Waals surface area (Å²) in [5.41, 5.74) is 8.45. The zero-order chi connectivity index (χ0) is 14.5. The Hall–Kier alpha value is -0.780. The third-order valence-electron chi connectivity index (χ3n) is 3.14. The molecule has 0 amide bonds. The SMILES string of the molecule is Cc1cccc(C(C)(C)CN=C(N)NCC(C)C)c1.I. The summed E-state index contributed by atoms with van der Waals surface area (Å²) in [6, 6.07) is 8.57. The monoisotopic (exact) mass is 389 g/mol. The standard InChI is InChI=1S/C16H27N3.HI/c1-12(2)10-18-15(17)19-11-16(4,5)14-8-6-7-13(3)9-14;/h6-9,12H,10-11H2,1-5H3,(H3,17,18,19);1H. The Morgan fingerprint density at radius 3 is 2.55 bits per heavy atom. The highest BCUT2D eigenvalue weighted by Gasteiger charge is 2.20. The lowest BCUT2D eigenvalue weighted by molar-refractivity contribution is 0.537. The minimum absolute atomic E-state index is 0. The first-order chi connectivity index (χ1) is 8.81. The molecule has 1 aromatic rings. The molecule has 0 spiro atoms. The van der Waals surface area contributed by atoms with E-state index in [4.69, 9.17) is 5.73 Å². The molecule has 1 rings (SSSR count). The molecule has 0 heterocycles. The Balaban J connectivity index is 0.00000361. The van der Waals surface area contributed by atoms with E-state index in [1.165, 1.54) is 11.1 Å². The van der Waals surface area contributed by atoms with Crippen LogP contribution in [0.4, 0.5) is 0 Å². The van der Waals surface area contributed by atoms with Crippen molar-refractivity contribution in [1.29, 1.82) is 0 Å². The highest BCUT2D eigenvalue weighted by molar-refractivity contribution is 14.0. The van der Waals surface area contributed by atoms with E-state index in [2.05, 4.69) is 69.2 Å². The number of nitrogens with two attached hydrogens (primary N) is 1. The van der Waals surface area contributed by atoms with E-state index in [9.17, 15) is 0 Å². The Morgan fingerprint density at radius 1 is 1.35 bits per heavy atom. The molecule has 0 unspecified atom stereocenters. The zero-order valence-corrected chi connectivity index (χ0v) is 15.6. The van der Waals surface area contributed by atoms with Crippen LogP contribution in [0.15, 0.2) is 29.3 Å². The van der Waals surface area contributed by atoms with E-state index in [0.717, 1.165) is 6.54 Å². The van der Waals surface area contributed by atoms with Crippen molar-refractivity contribution >= 4 is 29.9 Å². The van der Waals surface area contributed by atoms with Gasteiger partial charge in [0.05, 0.1) is 6.54 Å². The molecule has 0 aromatic heterocycles. The molecule has 4 heteroatoms. The summed E-state index contributed by atoms with van der Waals surface area (Å²) in [4.78, 5) is 4.46. The van der Waals surface area contributed by atoms with Crippen LogP contribution in [-0.4, -0.2) is 19.0 Å². The van der Waals surface area contributed by atoms with E-state index in [1.54, 1.807) is 0 Å². The fourth-order valence-corrected chi connectivity index (χ4v) is 1.80. The van der Waals surface area contributed by atoms with Crippen LogP contribution in [0.2, 0.25) is 0 Å². The molecule has 3 N–H and O–H groups in total. The first kappa shape index (κ1) is 19.2. The molecule has 20 heavy (non-hydrogen) atoms. The maximum Gasteiger partial charge on any atom is 0.188 e. The lowest BCUT2D eigenvalue weighted by Gasteiger charge is -2.24. The predicted octanol–water partition coefficient (Wildman–Crippen LogP) is 3.45. The summed E-state index contributed by atoms with van der Waals surface area (Å²) in [5.74, 6) is 1.10. The predicted molar refractivity (Wildman–Crippen MR) is 99.0 cm³/mol. The largest absolute Gasteiger partial charge is 0.370 e. The van der Waals surface area contributed by atoms with Crippen LogP contribution in [0.1, 0.15) is 38.8 Å². The van der Waals surface area contributed by atoms with Crippen LogP contribution < -0.4 is 11.1 Å². The van der Waals surface area contributed by atoms with E-state index in [0.29, 0.717) is 18.4 Å². The molecule has 0 aliphatic carbocycles. The van der Waals surface area contributed by atoms with Crippen LogP contribution in [-0.2, 0) is 5.41 Å². The topological polar surface area (TPSA) is 50.4 Å².